The summed E-state index contributed by atoms with van der Waals surface area (Å²) in [6.07, 6.45) is 0.0952. The van der Waals surface area contributed by atoms with E-state index in [0.717, 1.165) is 11.1 Å². The first-order valence-corrected chi connectivity index (χ1v) is 9.34. The summed E-state index contributed by atoms with van der Waals surface area (Å²) in [6.45, 7) is -0.369. The smallest absolute Gasteiger partial charge is 0.338 e. The van der Waals surface area contributed by atoms with Crippen molar-refractivity contribution in [3.8, 4) is 17.2 Å². The van der Waals surface area contributed by atoms with E-state index in [0.29, 0.717) is 11.3 Å². The number of carbonyl (C=O) groups is 2. The summed E-state index contributed by atoms with van der Waals surface area (Å²) in [5.41, 5.74) is 2.75. The molecule has 30 heavy (non-hydrogen) atoms. The van der Waals surface area contributed by atoms with E-state index < -0.39 is 24.3 Å². The molecule has 5 nitrogen and oxygen atoms in total. The molecule has 0 aliphatic heterocycles. The van der Waals surface area contributed by atoms with Gasteiger partial charge in [0.1, 0.15) is 5.82 Å². The number of hydrogen-bond acceptors (Lipinski definition) is 4. The highest BCUT2D eigenvalue weighted by Crippen LogP contribution is 2.20. The molecular formula is C24H19FN2O3. The van der Waals surface area contributed by atoms with Gasteiger partial charge in [0.25, 0.3) is 5.91 Å². The first-order valence-electron chi connectivity index (χ1n) is 9.34. The van der Waals surface area contributed by atoms with E-state index in [1.807, 2.05) is 48.5 Å². The number of hydrogen-bond donors (Lipinski definition) is 0. The lowest BCUT2D eigenvalue weighted by Gasteiger charge is -2.21. The summed E-state index contributed by atoms with van der Waals surface area (Å²) in [5.74, 6) is -1.55. The molecule has 0 saturated heterocycles. The fourth-order valence-electron chi connectivity index (χ4n) is 2.90. The maximum absolute atomic E-state index is 13.2. The fourth-order valence-corrected chi connectivity index (χ4v) is 2.90. The Morgan fingerprint density at radius 1 is 0.900 bits per heavy atom. The van der Waals surface area contributed by atoms with Gasteiger partial charge in [-0.2, -0.15) is 5.26 Å². The summed E-state index contributed by atoms with van der Waals surface area (Å²) < 4.78 is 18.3. The largest absolute Gasteiger partial charge is 0.452 e. The van der Waals surface area contributed by atoms with Crippen molar-refractivity contribution in [2.45, 2.75) is 6.42 Å². The van der Waals surface area contributed by atoms with Gasteiger partial charge >= 0.3 is 5.97 Å². The van der Waals surface area contributed by atoms with Crippen LogP contribution in [0.15, 0.2) is 78.9 Å². The first kappa shape index (κ1) is 20.7. The molecule has 1 amide bonds. The molecule has 6 heteroatoms. The van der Waals surface area contributed by atoms with E-state index in [9.17, 15) is 14.0 Å². The van der Waals surface area contributed by atoms with Gasteiger partial charge in [-0.1, -0.05) is 42.5 Å². The van der Waals surface area contributed by atoms with Crippen LogP contribution in [0.3, 0.4) is 0 Å². The predicted molar refractivity (Wildman–Crippen MR) is 111 cm³/mol. The minimum absolute atomic E-state index is 0.0952. The van der Waals surface area contributed by atoms with Crippen LogP contribution in [0.25, 0.3) is 11.1 Å². The highest BCUT2D eigenvalue weighted by molar-refractivity contribution is 5.97. The van der Waals surface area contributed by atoms with Gasteiger partial charge in [0.15, 0.2) is 6.61 Å². The van der Waals surface area contributed by atoms with Crippen LogP contribution >= 0.6 is 0 Å². The zero-order valence-electron chi connectivity index (χ0n) is 16.1. The van der Waals surface area contributed by atoms with Crippen molar-refractivity contribution in [3.05, 3.63) is 90.2 Å². The Morgan fingerprint density at radius 3 is 2.17 bits per heavy atom. The second-order valence-corrected chi connectivity index (χ2v) is 6.45. The molecule has 0 saturated carbocycles. The lowest BCUT2D eigenvalue weighted by Crippen LogP contribution is -2.35. The van der Waals surface area contributed by atoms with Crippen molar-refractivity contribution in [2.75, 3.05) is 18.1 Å². The van der Waals surface area contributed by atoms with Crippen LogP contribution in [0.4, 0.5) is 10.1 Å². The van der Waals surface area contributed by atoms with Crippen LogP contribution in [0, 0.1) is 17.1 Å². The second-order valence-electron chi connectivity index (χ2n) is 6.45. The van der Waals surface area contributed by atoms with Gasteiger partial charge in [-0.25, -0.2) is 9.18 Å². The normalized spacial score (nSPS) is 10.1. The number of rotatable bonds is 7. The van der Waals surface area contributed by atoms with Crippen LogP contribution in [0.5, 0.6) is 0 Å². The number of nitriles is 1. The summed E-state index contributed by atoms with van der Waals surface area (Å²) in [6, 6.07) is 23.9. The number of carbonyl (C=O) groups excluding carboxylic acids is 2. The molecule has 0 N–H and O–H groups in total. The molecule has 3 aromatic rings. The highest BCUT2D eigenvalue weighted by atomic mass is 19.1. The van der Waals surface area contributed by atoms with Gasteiger partial charge < -0.3 is 9.64 Å². The standard InChI is InChI=1S/C24H19FN2O3/c25-21-11-13-22(14-12-21)27(16-4-15-26)23(28)17-30-24(29)20-9-7-19(8-10-20)18-5-2-1-3-6-18/h1-3,5-14H,4,16-17H2. The molecule has 150 valence electrons. The predicted octanol–water partition coefficient (Wildman–Crippen LogP) is 4.60. The van der Waals surface area contributed by atoms with Gasteiger partial charge in [-0.15, -0.1) is 0 Å². The number of ether oxygens (including phenoxy) is 1. The molecule has 0 unspecified atom stereocenters. The Balaban J connectivity index is 1.64. The van der Waals surface area contributed by atoms with E-state index in [-0.39, 0.29) is 13.0 Å². The van der Waals surface area contributed by atoms with Crippen molar-refractivity contribution >= 4 is 17.6 Å². The first-order chi connectivity index (χ1) is 14.6. The fraction of sp³-hybridized carbons (Fsp3) is 0.125. The number of nitrogens with zero attached hydrogens (tertiary/aromatic N) is 2. The summed E-state index contributed by atoms with van der Waals surface area (Å²) in [7, 11) is 0. The number of esters is 1. The van der Waals surface area contributed by atoms with Crippen LogP contribution in [-0.2, 0) is 9.53 Å². The average molecular weight is 402 g/mol. The molecule has 3 aromatic carbocycles. The van der Waals surface area contributed by atoms with E-state index in [1.165, 1.54) is 29.2 Å². The van der Waals surface area contributed by atoms with E-state index in [4.69, 9.17) is 10.00 Å². The van der Waals surface area contributed by atoms with E-state index >= 15 is 0 Å². The Hall–Kier alpha value is -3.98. The third-order valence-corrected chi connectivity index (χ3v) is 4.44. The topological polar surface area (TPSA) is 70.4 Å². The van der Waals surface area contributed by atoms with Crippen LogP contribution in [0.2, 0.25) is 0 Å². The molecule has 0 radical (unpaired) electrons. The third-order valence-electron chi connectivity index (χ3n) is 4.44. The monoisotopic (exact) mass is 402 g/mol. The SMILES string of the molecule is N#CCCN(C(=O)COC(=O)c1ccc(-c2ccccc2)cc1)c1ccc(F)cc1. The minimum Gasteiger partial charge on any atom is -0.452 e. The zero-order chi connectivity index (χ0) is 21.3. The van der Waals surface area contributed by atoms with Gasteiger partial charge in [0.2, 0.25) is 0 Å². The molecular weight excluding hydrogens is 383 g/mol. The highest BCUT2D eigenvalue weighted by Gasteiger charge is 2.18. The Kier molecular flexibility index (Phi) is 6.91. The molecule has 0 spiro atoms. The molecule has 0 fully saturated rings. The molecule has 3 rings (SSSR count). The maximum atomic E-state index is 13.2. The molecule has 0 heterocycles. The number of anilines is 1. The molecule has 0 aliphatic carbocycles. The van der Waals surface area contributed by atoms with Crippen molar-refractivity contribution in [3.63, 3.8) is 0 Å². The Morgan fingerprint density at radius 2 is 1.53 bits per heavy atom. The minimum atomic E-state index is -0.623. The Labute approximate surface area is 173 Å². The number of halogens is 1. The van der Waals surface area contributed by atoms with Crippen LogP contribution in [0.1, 0.15) is 16.8 Å². The summed E-state index contributed by atoms with van der Waals surface area (Å²) >= 11 is 0. The van der Waals surface area contributed by atoms with Crippen molar-refractivity contribution in [2.24, 2.45) is 0 Å². The van der Waals surface area contributed by atoms with Gasteiger partial charge in [0, 0.05) is 12.2 Å². The molecule has 0 bridgehead atoms. The van der Waals surface area contributed by atoms with Crippen LogP contribution < -0.4 is 4.90 Å². The Bertz CT molecular complexity index is 1040. The lowest BCUT2D eigenvalue weighted by molar-refractivity contribution is -0.121. The van der Waals surface area contributed by atoms with E-state index in [2.05, 4.69) is 0 Å². The van der Waals surface area contributed by atoms with E-state index in [1.54, 1.807) is 12.1 Å². The average Bonchev–Trinajstić information content (AvgIpc) is 2.79. The van der Waals surface area contributed by atoms with Gasteiger partial charge in [-0.05, 0) is 47.5 Å². The summed E-state index contributed by atoms with van der Waals surface area (Å²) in [4.78, 5) is 26.2. The lowest BCUT2D eigenvalue weighted by atomic mass is 10.0. The van der Waals surface area contributed by atoms with Crippen molar-refractivity contribution in [1.82, 2.24) is 0 Å². The van der Waals surface area contributed by atoms with Gasteiger partial charge in [0.05, 0.1) is 18.1 Å². The summed E-state index contributed by atoms with van der Waals surface area (Å²) in [5, 5.41) is 8.83. The second kappa shape index (κ2) is 9.99. The maximum Gasteiger partial charge on any atom is 0.338 e. The van der Waals surface area contributed by atoms with Gasteiger partial charge in [-0.3, -0.25) is 4.79 Å². The number of benzene rings is 3. The van der Waals surface area contributed by atoms with Crippen molar-refractivity contribution < 1.29 is 18.7 Å². The zero-order valence-corrected chi connectivity index (χ0v) is 16.1. The molecule has 0 atom stereocenters. The third kappa shape index (κ3) is 5.30. The van der Waals surface area contributed by atoms with Crippen LogP contribution in [-0.4, -0.2) is 25.0 Å². The quantitative estimate of drug-likeness (QED) is 0.542. The molecule has 0 aromatic heterocycles. The molecule has 0 aliphatic rings. The number of amides is 1. The van der Waals surface area contributed by atoms with Crippen molar-refractivity contribution in [1.29, 1.82) is 5.26 Å².